The smallest absolute Gasteiger partial charge is 0.369 e. The molecule has 2 aliphatic rings. The highest BCUT2D eigenvalue weighted by molar-refractivity contribution is 6.04. The molecule has 12 heteroatoms. The van der Waals surface area contributed by atoms with Gasteiger partial charge in [-0.15, -0.1) is 0 Å². The van der Waals surface area contributed by atoms with Crippen LogP contribution in [0.25, 0.3) is 0 Å². The van der Waals surface area contributed by atoms with Gasteiger partial charge in [0.15, 0.2) is 5.82 Å². The number of H-pyrrole nitrogens is 1. The molecule has 1 saturated heterocycles. The molecule has 2 aliphatic heterocycles. The van der Waals surface area contributed by atoms with Crippen molar-refractivity contribution in [3.63, 3.8) is 0 Å². The van der Waals surface area contributed by atoms with E-state index in [1.54, 1.807) is 26.0 Å². The van der Waals surface area contributed by atoms with Crippen LogP contribution in [0.2, 0.25) is 0 Å². The molecular weight excluding hydrogens is 511 g/mol. The molecule has 5 rings (SSSR count). The lowest BCUT2D eigenvalue weighted by Crippen LogP contribution is -2.44. The van der Waals surface area contributed by atoms with E-state index in [1.165, 1.54) is 23.1 Å². The predicted molar refractivity (Wildman–Crippen MR) is 142 cm³/mol. The number of urea groups is 1. The lowest BCUT2D eigenvalue weighted by atomic mass is 10.0. The number of carbonyl (C=O) groups excluding carboxylic acids is 2. The number of para-hydroxylation sites is 1. The summed E-state index contributed by atoms with van der Waals surface area (Å²) in [6, 6.07) is 11.5. The first kappa shape index (κ1) is 26.5. The molecule has 206 valence electrons. The third kappa shape index (κ3) is 5.16. The number of fused-ring (bicyclic) bond motifs is 1. The highest BCUT2D eigenvalue weighted by atomic mass is 19.4. The summed E-state index contributed by atoms with van der Waals surface area (Å²) in [6.07, 6.45) is -4.61. The Hall–Kier alpha value is -4.06. The molecule has 39 heavy (non-hydrogen) atoms. The molecule has 3 N–H and O–H groups in total. The molecule has 0 aliphatic carbocycles. The number of rotatable bonds is 4. The molecule has 2 aromatic carbocycles. The molecule has 0 unspecified atom stereocenters. The summed E-state index contributed by atoms with van der Waals surface area (Å²) < 4.78 is 40.2. The summed E-state index contributed by atoms with van der Waals surface area (Å²) in [7, 11) is 2.09. The van der Waals surface area contributed by atoms with Crippen molar-refractivity contribution in [2.24, 2.45) is 0 Å². The van der Waals surface area contributed by atoms with Crippen LogP contribution in [0, 0.1) is 0 Å². The second-order valence-corrected chi connectivity index (χ2v) is 10.3. The van der Waals surface area contributed by atoms with Crippen molar-refractivity contribution in [3.8, 4) is 0 Å². The zero-order valence-electron chi connectivity index (χ0n) is 21.9. The van der Waals surface area contributed by atoms with Gasteiger partial charge in [-0.25, -0.2) is 4.79 Å². The van der Waals surface area contributed by atoms with Crippen molar-refractivity contribution in [1.29, 1.82) is 0 Å². The Balaban J connectivity index is 1.28. The first-order valence-electron chi connectivity index (χ1n) is 12.6. The number of hydrogen-bond donors (Lipinski definition) is 3. The van der Waals surface area contributed by atoms with Crippen LogP contribution in [0.4, 0.5) is 35.2 Å². The van der Waals surface area contributed by atoms with Gasteiger partial charge in [-0.05, 0) is 57.3 Å². The van der Waals surface area contributed by atoms with E-state index in [9.17, 15) is 22.8 Å². The quantitative estimate of drug-likeness (QED) is 0.445. The molecule has 3 heterocycles. The molecule has 0 radical (unpaired) electrons. The van der Waals surface area contributed by atoms with Crippen LogP contribution < -0.4 is 15.5 Å². The van der Waals surface area contributed by atoms with Gasteiger partial charge in [0, 0.05) is 43.0 Å². The molecule has 3 aromatic rings. The van der Waals surface area contributed by atoms with Gasteiger partial charge in [-0.2, -0.15) is 18.3 Å². The molecule has 0 bridgehead atoms. The lowest BCUT2D eigenvalue weighted by Gasteiger charge is -2.34. The number of anilines is 3. The number of carbonyl (C=O) groups is 2. The fraction of sp³-hybridized carbons (Fsp3) is 0.370. The molecule has 1 aromatic heterocycles. The van der Waals surface area contributed by atoms with Crippen molar-refractivity contribution in [2.45, 2.75) is 32.1 Å². The third-order valence-corrected chi connectivity index (χ3v) is 7.42. The van der Waals surface area contributed by atoms with Gasteiger partial charge >= 0.3 is 12.2 Å². The minimum atomic E-state index is -4.61. The van der Waals surface area contributed by atoms with Crippen LogP contribution >= 0.6 is 0 Å². The second kappa shape index (κ2) is 9.92. The Bertz CT molecular complexity index is 1380. The van der Waals surface area contributed by atoms with Crippen molar-refractivity contribution in [1.82, 2.24) is 20.0 Å². The standard InChI is InChI=1S/C27H30F3N7O2/c1-26(2)22-19(16-37(26)25(39)31-21-7-5-4-6-20(21)27(28,29)30)23(34-33-22)32-24(38)17-8-10-18(11-9-17)36-14-12-35(3)13-15-36/h4-11H,12-16H2,1-3H3,(H,31,39)(H2,32,33,34,38). The summed E-state index contributed by atoms with van der Waals surface area (Å²) >= 11 is 0. The molecule has 1 fully saturated rings. The number of piperazine rings is 1. The predicted octanol–water partition coefficient (Wildman–Crippen LogP) is 4.72. The maximum absolute atomic E-state index is 13.4. The lowest BCUT2D eigenvalue weighted by molar-refractivity contribution is -0.136. The Morgan fingerprint density at radius 3 is 2.31 bits per heavy atom. The van der Waals surface area contributed by atoms with Crippen LogP contribution in [0.15, 0.2) is 48.5 Å². The molecule has 0 saturated carbocycles. The number of alkyl halides is 3. The van der Waals surface area contributed by atoms with Crippen molar-refractivity contribution < 1.29 is 22.8 Å². The van der Waals surface area contributed by atoms with Gasteiger partial charge in [0.2, 0.25) is 0 Å². The topological polar surface area (TPSA) is 96.6 Å². The van der Waals surface area contributed by atoms with Crippen molar-refractivity contribution in [3.05, 3.63) is 70.9 Å². The van der Waals surface area contributed by atoms with Gasteiger partial charge in [-0.1, -0.05) is 12.1 Å². The maximum atomic E-state index is 13.4. The number of aromatic amines is 1. The normalized spacial score (nSPS) is 17.2. The number of benzene rings is 2. The van der Waals surface area contributed by atoms with Crippen LogP contribution in [-0.2, 0) is 18.3 Å². The van der Waals surface area contributed by atoms with Crippen molar-refractivity contribution >= 4 is 29.1 Å². The molecule has 0 spiro atoms. The maximum Gasteiger partial charge on any atom is 0.418 e. The van der Waals surface area contributed by atoms with E-state index in [0.717, 1.165) is 37.9 Å². The SMILES string of the molecule is CN1CCN(c2ccc(C(=O)Nc3n[nH]c4c3CN(C(=O)Nc3ccccc3C(F)(F)F)C4(C)C)cc2)CC1. The monoisotopic (exact) mass is 541 g/mol. The summed E-state index contributed by atoms with van der Waals surface area (Å²) in [5.41, 5.74) is 0.544. The minimum Gasteiger partial charge on any atom is -0.369 e. The highest BCUT2D eigenvalue weighted by Gasteiger charge is 2.44. The van der Waals surface area contributed by atoms with Crippen LogP contribution in [0.1, 0.15) is 41.0 Å². The second-order valence-electron chi connectivity index (χ2n) is 10.3. The van der Waals surface area contributed by atoms with Crippen molar-refractivity contribution in [2.75, 3.05) is 48.8 Å². The molecule has 3 amide bonds. The van der Waals surface area contributed by atoms with Gasteiger partial charge in [0.25, 0.3) is 5.91 Å². The zero-order chi connectivity index (χ0) is 27.9. The Kier molecular flexibility index (Phi) is 6.75. The van der Waals surface area contributed by atoms with Gasteiger partial charge < -0.3 is 25.3 Å². The number of aromatic nitrogens is 2. The van der Waals surface area contributed by atoms with E-state index in [-0.39, 0.29) is 24.0 Å². The zero-order valence-corrected chi connectivity index (χ0v) is 21.9. The van der Waals surface area contributed by atoms with Gasteiger partial charge in [-0.3, -0.25) is 9.89 Å². The van der Waals surface area contributed by atoms with Crippen LogP contribution in [0.5, 0.6) is 0 Å². The summed E-state index contributed by atoms with van der Waals surface area (Å²) in [5.74, 6) is -0.0775. The first-order valence-corrected chi connectivity index (χ1v) is 12.6. The molecule has 9 nitrogen and oxygen atoms in total. The third-order valence-electron chi connectivity index (χ3n) is 7.42. The molecule has 0 atom stereocenters. The summed E-state index contributed by atoms with van der Waals surface area (Å²) in [6.45, 7) is 7.37. The number of amides is 3. The number of halogens is 3. The van der Waals surface area contributed by atoms with E-state index < -0.39 is 23.3 Å². The number of likely N-dealkylation sites (N-methyl/N-ethyl adjacent to an activating group) is 1. The van der Waals surface area contributed by atoms with Gasteiger partial charge in [0.1, 0.15) is 0 Å². The number of hydrogen-bond acceptors (Lipinski definition) is 5. The van der Waals surface area contributed by atoms with E-state index in [2.05, 4.69) is 37.7 Å². The Morgan fingerprint density at radius 2 is 1.64 bits per heavy atom. The summed E-state index contributed by atoms with van der Waals surface area (Å²) in [5, 5.41) is 12.3. The van der Waals surface area contributed by atoms with Gasteiger partial charge in [0.05, 0.1) is 29.0 Å². The fourth-order valence-electron chi connectivity index (χ4n) is 5.03. The van der Waals surface area contributed by atoms with Crippen LogP contribution in [0.3, 0.4) is 0 Å². The largest absolute Gasteiger partial charge is 0.418 e. The Labute approximate surface area is 224 Å². The average Bonchev–Trinajstić information content (AvgIpc) is 3.42. The average molecular weight is 542 g/mol. The van der Waals surface area contributed by atoms with E-state index in [1.807, 2.05) is 12.1 Å². The number of nitrogens with zero attached hydrogens (tertiary/aromatic N) is 4. The van der Waals surface area contributed by atoms with Crippen LogP contribution in [-0.4, -0.2) is 65.2 Å². The minimum absolute atomic E-state index is 0.0524. The van der Waals surface area contributed by atoms with E-state index in [4.69, 9.17) is 0 Å². The Morgan fingerprint density at radius 1 is 0.974 bits per heavy atom. The summed E-state index contributed by atoms with van der Waals surface area (Å²) in [4.78, 5) is 32.1. The highest BCUT2D eigenvalue weighted by Crippen LogP contribution is 2.41. The first-order chi connectivity index (χ1) is 18.4. The molecular formula is C27H30F3N7O2. The van der Waals surface area contributed by atoms with E-state index >= 15 is 0 Å². The van der Waals surface area contributed by atoms with E-state index in [0.29, 0.717) is 16.8 Å². The number of nitrogens with one attached hydrogen (secondary N) is 3. The fourth-order valence-corrected chi connectivity index (χ4v) is 5.03.